The first-order valence-electron chi connectivity index (χ1n) is 5.02. The normalized spacial score (nSPS) is 12.9. The molecule has 0 aliphatic rings. The van der Waals surface area contributed by atoms with E-state index in [1.54, 1.807) is 17.6 Å². The maximum absolute atomic E-state index is 5.96. The first kappa shape index (κ1) is 11.6. The van der Waals surface area contributed by atoms with E-state index < -0.39 is 0 Å². The molecule has 0 aliphatic carbocycles. The topological polar surface area (TPSA) is 38.1 Å². The van der Waals surface area contributed by atoms with Crippen LogP contribution in [-0.2, 0) is 6.42 Å². The fraction of sp³-hybridized carbons (Fsp3) is 0.364. The minimum Gasteiger partial charge on any atom is -0.453 e. The summed E-state index contributed by atoms with van der Waals surface area (Å²) in [6.45, 7) is 2.01. The summed E-state index contributed by atoms with van der Waals surface area (Å²) < 4.78 is 5.10. The Morgan fingerprint density at radius 3 is 2.94 bits per heavy atom. The summed E-state index contributed by atoms with van der Waals surface area (Å²) in [6.07, 6.45) is 2.42. The molecule has 0 amide bonds. The number of furan rings is 1. The van der Waals surface area contributed by atoms with Crippen molar-refractivity contribution in [3.8, 4) is 0 Å². The van der Waals surface area contributed by atoms with Crippen LogP contribution in [0.5, 0.6) is 0 Å². The maximum atomic E-state index is 5.96. The van der Waals surface area contributed by atoms with Gasteiger partial charge in [-0.1, -0.05) is 0 Å². The maximum Gasteiger partial charge on any atom is 0.197 e. The molecule has 1 atom stereocenters. The molecule has 0 radical (unpaired) electrons. The number of aromatic nitrogens is 1. The average molecular weight is 257 g/mol. The van der Waals surface area contributed by atoms with Crippen LogP contribution in [0.2, 0.25) is 5.22 Å². The van der Waals surface area contributed by atoms with Crippen molar-refractivity contribution >= 4 is 22.9 Å². The number of likely N-dealkylation sites (N-methyl/N-ethyl adjacent to an activating group) is 1. The molecule has 86 valence electrons. The lowest BCUT2D eigenvalue weighted by Crippen LogP contribution is -2.18. The number of hydrogen-bond acceptors (Lipinski definition) is 4. The lowest BCUT2D eigenvalue weighted by Gasteiger charge is -2.13. The molecule has 2 aromatic heterocycles. The zero-order valence-corrected chi connectivity index (χ0v) is 10.7. The number of halogens is 1. The van der Waals surface area contributed by atoms with Gasteiger partial charge in [0, 0.05) is 23.4 Å². The van der Waals surface area contributed by atoms with Gasteiger partial charge in [0.25, 0.3) is 0 Å². The molecule has 2 rings (SSSR count). The highest BCUT2D eigenvalue weighted by Gasteiger charge is 2.16. The Labute approximate surface area is 103 Å². The standard InChI is InChI=1S/C11H13ClN2OS/c1-7-14-8(6-16-7)5-10(13-2)9-3-4-15-11(9)12/h3-4,6,10,13H,5H2,1-2H3. The molecule has 2 aromatic rings. The number of nitrogens with zero attached hydrogens (tertiary/aromatic N) is 1. The molecule has 0 spiro atoms. The Kier molecular flexibility index (Phi) is 3.63. The Morgan fingerprint density at radius 2 is 2.44 bits per heavy atom. The molecule has 5 heteroatoms. The van der Waals surface area contributed by atoms with Crippen molar-refractivity contribution in [2.45, 2.75) is 19.4 Å². The molecular weight excluding hydrogens is 244 g/mol. The summed E-state index contributed by atoms with van der Waals surface area (Å²) in [5, 5.41) is 6.84. The Hall–Kier alpha value is -0.840. The van der Waals surface area contributed by atoms with E-state index in [-0.39, 0.29) is 6.04 Å². The molecule has 0 bridgehead atoms. The molecule has 2 heterocycles. The van der Waals surface area contributed by atoms with Gasteiger partial charge < -0.3 is 9.73 Å². The highest BCUT2D eigenvalue weighted by atomic mass is 35.5. The Bertz CT molecular complexity index is 466. The van der Waals surface area contributed by atoms with Gasteiger partial charge in [-0.2, -0.15) is 0 Å². The quantitative estimate of drug-likeness (QED) is 0.913. The van der Waals surface area contributed by atoms with Crippen LogP contribution in [0.4, 0.5) is 0 Å². The first-order valence-corrected chi connectivity index (χ1v) is 6.27. The predicted molar refractivity (Wildman–Crippen MR) is 66.1 cm³/mol. The molecule has 16 heavy (non-hydrogen) atoms. The van der Waals surface area contributed by atoms with Crippen molar-refractivity contribution < 1.29 is 4.42 Å². The van der Waals surface area contributed by atoms with Crippen LogP contribution in [0.25, 0.3) is 0 Å². The van der Waals surface area contributed by atoms with E-state index in [1.807, 2.05) is 20.0 Å². The van der Waals surface area contributed by atoms with Gasteiger partial charge in [-0.25, -0.2) is 4.98 Å². The molecule has 1 N–H and O–H groups in total. The third-order valence-corrected chi connectivity index (χ3v) is 3.58. The largest absolute Gasteiger partial charge is 0.453 e. The van der Waals surface area contributed by atoms with E-state index in [4.69, 9.17) is 16.0 Å². The average Bonchev–Trinajstić information content (AvgIpc) is 2.84. The summed E-state index contributed by atoms with van der Waals surface area (Å²) in [5.41, 5.74) is 2.06. The summed E-state index contributed by atoms with van der Waals surface area (Å²) in [4.78, 5) is 4.44. The van der Waals surface area contributed by atoms with Crippen LogP contribution in [0.1, 0.15) is 22.3 Å². The third-order valence-electron chi connectivity index (χ3n) is 2.45. The summed E-state index contributed by atoms with van der Waals surface area (Å²) in [5.74, 6) is 0. The van der Waals surface area contributed by atoms with Gasteiger partial charge in [0.2, 0.25) is 0 Å². The zero-order valence-electron chi connectivity index (χ0n) is 9.16. The van der Waals surface area contributed by atoms with Gasteiger partial charge in [0.05, 0.1) is 17.0 Å². The molecule has 1 unspecified atom stereocenters. The number of nitrogens with one attached hydrogen (secondary N) is 1. The summed E-state index contributed by atoms with van der Waals surface area (Å²) in [7, 11) is 1.91. The predicted octanol–water partition coefficient (Wildman–Crippen LogP) is 3.20. The number of thiazole rings is 1. The fourth-order valence-corrected chi connectivity index (χ4v) is 2.50. The number of hydrogen-bond donors (Lipinski definition) is 1. The van der Waals surface area contributed by atoms with Gasteiger partial charge >= 0.3 is 0 Å². The third kappa shape index (κ3) is 2.45. The van der Waals surface area contributed by atoms with Crippen molar-refractivity contribution in [3.05, 3.63) is 39.2 Å². The van der Waals surface area contributed by atoms with E-state index >= 15 is 0 Å². The second kappa shape index (κ2) is 4.99. The minimum absolute atomic E-state index is 0.146. The van der Waals surface area contributed by atoms with Crippen LogP contribution in [-0.4, -0.2) is 12.0 Å². The van der Waals surface area contributed by atoms with Gasteiger partial charge in [-0.05, 0) is 31.6 Å². The highest BCUT2D eigenvalue weighted by molar-refractivity contribution is 7.09. The fourth-order valence-electron chi connectivity index (χ4n) is 1.63. The number of rotatable bonds is 4. The van der Waals surface area contributed by atoms with Crippen LogP contribution in [0.3, 0.4) is 0 Å². The molecule has 3 nitrogen and oxygen atoms in total. The Balaban J connectivity index is 2.15. The molecule has 0 aliphatic heterocycles. The first-order chi connectivity index (χ1) is 7.70. The minimum atomic E-state index is 0.146. The molecular formula is C11H13ClN2OS. The smallest absolute Gasteiger partial charge is 0.197 e. The van der Waals surface area contributed by atoms with Crippen LogP contribution < -0.4 is 5.32 Å². The van der Waals surface area contributed by atoms with Crippen molar-refractivity contribution in [1.29, 1.82) is 0 Å². The molecule has 0 fully saturated rings. The second-order valence-corrected chi connectivity index (χ2v) is 4.96. The second-order valence-electron chi connectivity index (χ2n) is 3.55. The molecule has 0 saturated carbocycles. The van der Waals surface area contributed by atoms with Gasteiger partial charge in [0.15, 0.2) is 5.22 Å². The highest BCUT2D eigenvalue weighted by Crippen LogP contribution is 2.26. The van der Waals surface area contributed by atoms with Crippen molar-refractivity contribution in [2.75, 3.05) is 7.05 Å². The van der Waals surface area contributed by atoms with Crippen LogP contribution in [0, 0.1) is 6.92 Å². The van der Waals surface area contributed by atoms with E-state index in [0.29, 0.717) is 5.22 Å². The zero-order chi connectivity index (χ0) is 11.5. The van der Waals surface area contributed by atoms with Crippen molar-refractivity contribution in [2.24, 2.45) is 0 Å². The van der Waals surface area contributed by atoms with Crippen molar-refractivity contribution in [1.82, 2.24) is 10.3 Å². The van der Waals surface area contributed by atoms with Gasteiger partial charge in [0.1, 0.15) is 0 Å². The van der Waals surface area contributed by atoms with E-state index in [1.165, 1.54) is 0 Å². The van der Waals surface area contributed by atoms with Gasteiger partial charge in [-0.3, -0.25) is 0 Å². The molecule has 0 aromatic carbocycles. The van der Waals surface area contributed by atoms with E-state index in [0.717, 1.165) is 22.7 Å². The van der Waals surface area contributed by atoms with E-state index in [9.17, 15) is 0 Å². The summed E-state index contributed by atoms with van der Waals surface area (Å²) in [6, 6.07) is 2.04. The lowest BCUT2D eigenvalue weighted by atomic mass is 10.1. The van der Waals surface area contributed by atoms with Crippen molar-refractivity contribution in [3.63, 3.8) is 0 Å². The SMILES string of the molecule is CNC(Cc1csc(C)n1)c1ccoc1Cl. The summed E-state index contributed by atoms with van der Waals surface area (Å²) >= 11 is 7.62. The van der Waals surface area contributed by atoms with Gasteiger partial charge in [-0.15, -0.1) is 11.3 Å². The number of aryl methyl sites for hydroxylation is 1. The Morgan fingerprint density at radius 1 is 1.62 bits per heavy atom. The lowest BCUT2D eigenvalue weighted by molar-refractivity contribution is 0.542. The monoisotopic (exact) mass is 256 g/mol. The van der Waals surface area contributed by atoms with E-state index in [2.05, 4.69) is 15.7 Å². The van der Waals surface area contributed by atoms with Crippen LogP contribution in [0.15, 0.2) is 22.1 Å². The molecule has 0 saturated heterocycles. The van der Waals surface area contributed by atoms with Crippen LogP contribution >= 0.6 is 22.9 Å².